The second-order valence-corrected chi connectivity index (χ2v) is 6.95. The van der Waals surface area contributed by atoms with Crippen LogP contribution in [0.25, 0.3) is 0 Å². The molecule has 2 aromatic rings. The van der Waals surface area contributed by atoms with Crippen molar-refractivity contribution in [3.8, 4) is 0 Å². The molecule has 6 heteroatoms. The molecule has 4 nitrogen and oxygen atoms in total. The van der Waals surface area contributed by atoms with E-state index in [-0.39, 0.29) is 5.56 Å². The summed E-state index contributed by atoms with van der Waals surface area (Å²) >= 11 is 6.81. The van der Waals surface area contributed by atoms with Crippen molar-refractivity contribution in [3.63, 3.8) is 0 Å². The van der Waals surface area contributed by atoms with Crippen LogP contribution in [0.1, 0.15) is 19.4 Å². The van der Waals surface area contributed by atoms with Crippen molar-refractivity contribution in [3.05, 3.63) is 55.3 Å². The minimum atomic E-state index is -0.108. The Morgan fingerprint density at radius 1 is 1.33 bits per heavy atom. The minimum Gasteiger partial charge on any atom is -0.379 e. The van der Waals surface area contributed by atoms with E-state index in [1.807, 2.05) is 24.3 Å². The van der Waals surface area contributed by atoms with Crippen molar-refractivity contribution < 1.29 is 0 Å². The number of hydrogen-bond donors (Lipinski definition) is 1. The van der Waals surface area contributed by atoms with E-state index in [2.05, 4.69) is 56.1 Å². The molecule has 1 heterocycles. The van der Waals surface area contributed by atoms with Crippen molar-refractivity contribution in [1.82, 2.24) is 9.78 Å². The molecule has 112 valence electrons. The van der Waals surface area contributed by atoms with Gasteiger partial charge >= 0.3 is 0 Å². The van der Waals surface area contributed by atoms with Crippen LogP contribution < -0.4 is 10.9 Å². The predicted octanol–water partition coefficient (Wildman–Crippen LogP) is 4.04. The van der Waals surface area contributed by atoms with Crippen molar-refractivity contribution in [2.45, 2.75) is 26.9 Å². The van der Waals surface area contributed by atoms with Gasteiger partial charge in [-0.15, -0.1) is 0 Å². The van der Waals surface area contributed by atoms with Crippen molar-refractivity contribution in [2.24, 2.45) is 5.92 Å². The Morgan fingerprint density at radius 3 is 2.76 bits per heavy atom. The molecule has 0 aliphatic heterocycles. The molecule has 0 bridgehead atoms. The van der Waals surface area contributed by atoms with Crippen LogP contribution in [-0.2, 0) is 13.1 Å². The number of aromatic nitrogens is 2. The average molecular weight is 415 g/mol. The van der Waals surface area contributed by atoms with Gasteiger partial charge in [0.05, 0.1) is 11.9 Å². The summed E-state index contributed by atoms with van der Waals surface area (Å²) in [4.78, 5) is 12.2. The molecule has 21 heavy (non-hydrogen) atoms. The minimum absolute atomic E-state index is 0.108. The SMILES string of the molecule is CC(C)Cn1ncc(NCc2cccc(Br)c2)c(Br)c1=O. The van der Waals surface area contributed by atoms with Crippen LogP contribution in [0.4, 0.5) is 5.69 Å². The molecular formula is C15H17Br2N3O. The van der Waals surface area contributed by atoms with Gasteiger partial charge < -0.3 is 5.32 Å². The lowest BCUT2D eigenvalue weighted by Crippen LogP contribution is -2.26. The Hall–Kier alpha value is -1.14. The Bertz CT molecular complexity index is 683. The molecule has 0 aliphatic carbocycles. The standard InChI is InChI=1S/C15H17Br2N3O/c1-10(2)9-20-15(21)14(17)13(8-19-20)18-7-11-4-3-5-12(16)6-11/h3-6,8,10,18H,7,9H2,1-2H3. The number of nitrogens with one attached hydrogen (secondary N) is 1. The van der Waals surface area contributed by atoms with Crippen molar-refractivity contribution >= 4 is 37.5 Å². The number of benzene rings is 1. The summed E-state index contributed by atoms with van der Waals surface area (Å²) in [5.74, 6) is 0.377. The first kappa shape index (κ1) is 16.2. The molecule has 0 unspecified atom stereocenters. The highest BCUT2D eigenvalue weighted by molar-refractivity contribution is 9.10. The van der Waals surface area contributed by atoms with E-state index < -0.39 is 0 Å². The summed E-state index contributed by atoms with van der Waals surface area (Å²) in [6.45, 7) is 5.36. The third kappa shape index (κ3) is 4.41. The molecule has 2 rings (SSSR count). The van der Waals surface area contributed by atoms with Gasteiger partial charge in [-0.1, -0.05) is 41.9 Å². The highest BCUT2D eigenvalue weighted by Crippen LogP contribution is 2.18. The molecule has 1 aromatic heterocycles. The van der Waals surface area contributed by atoms with Crippen LogP contribution in [0.2, 0.25) is 0 Å². The zero-order valence-electron chi connectivity index (χ0n) is 11.9. The zero-order valence-corrected chi connectivity index (χ0v) is 15.1. The van der Waals surface area contributed by atoms with Gasteiger partial charge in [0.1, 0.15) is 4.47 Å². The topological polar surface area (TPSA) is 46.9 Å². The first-order chi connectivity index (χ1) is 9.97. The van der Waals surface area contributed by atoms with Gasteiger partial charge in [-0.25, -0.2) is 4.68 Å². The Morgan fingerprint density at radius 2 is 2.10 bits per heavy atom. The van der Waals surface area contributed by atoms with E-state index in [1.54, 1.807) is 6.20 Å². The number of rotatable bonds is 5. The molecule has 0 aliphatic rings. The number of nitrogens with zero attached hydrogens (tertiary/aromatic N) is 2. The van der Waals surface area contributed by atoms with E-state index in [1.165, 1.54) is 4.68 Å². The van der Waals surface area contributed by atoms with Crippen LogP contribution in [0.5, 0.6) is 0 Å². The van der Waals surface area contributed by atoms with Gasteiger partial charge in [0.15, 0.2) is 0 Å². The summed E-state index contributed by atoms with van der Waals surface area (Å²) < 4.78 is 3.04. The summed E-state index contributed by atoms with van der Waals surface area (Å²) in [5.41, 5.74) is 1.73. The fourth-order valence-corrected chi connectivity index (χ4v) is 2.80. The van der Waals surface area contributed by atoms with E-state index >= 15 is 0 Å². The summed E-state index contributed by atoms with van der Waals surface area (Å²) in [6.07, 6.45) is 1.69. The molecule has 0 amide bonds. The predicted molar refractivity (Wildman–Crippen MR) is 92.5 cm³/mol. The van der Waals surface area contributed by atoms with Gasteiger partial charge in [0, 0.05) is 17.6 Å². The lowest BCUT2D eigenvalue weighted by molar-refractivity contribution is 0.462. The van der Waals surface area contributed by atoms with E-state index in [0.29, 0.717) is 29.2 Å². The molecule has 1 aromatic carbocycles. The van der Waals surface area contributed by atoms with Crippen molar-refractivity contribution in [2.75, 3.05) is 5.32 Å². The van der Waals surface area contributed by atoms with Gasteiger partial charge in [-0.3, -0.25) is 4.79 Å². The van der Waals surface area contributed by atoms with E-state index in [4.69, 9.17) is 0 Å². The second-order valence-electron chi connectivity index (χ2n) is 5.24. The van der Waals surface area contributed by atoms with Crippen molar-refractivity contribution in [1.29, 1.82) is 0 Å². The fraction of sp³-hybridized carbons (Fsp3) is 0.333. The Labute approximate surface area is 140 Å². The van der Waals surface area contributed by atoms with Crippen LogP contribution in [0, 0.1) is 5.92 Å². The largest absolute Gasteiger partial charge is 0.379 e. The van der Waals surface area contributed by atoms with Crippen LogP contribution in [-0.4, -0.2) is 9.78 Å². The summed E-state index contributed by atoms with van der Waals surface area (Å²) in [5, 5.41) is 7.45. The highest BCUT2D eigenvalue weighted by Gasteiger charge is 2.09. The molecule has 0 spiro atoms. The van der Waals surface area contributed by atoms with Crippen LogP contribution >= 0.6 is 31.9 Å². The first-order valence-electron chi connectivity index (χ1n) is 6.71. The number of anilines is 1. The smallest absolute Gasteiger partial charge is 0.283 e. The summed E-state index contributed by atoms with van der Waals surface area (Å²) in [7, 11) is 0. The van der Waals surface area contributed by atoms with Gasteiger partial charge in [0.2, 0.25) is 0 Å². The first-order valence-corrected chi connectivity index (χ1v) is 8.30. The van der Waals surface area contributed by atoms with Gasteiger partial charge in [-0.05, 0) is 39.5 Å². The third-order valence-electron chi connectivity index (χ3n) is 2.89. The average Bonchev–Trinajstić information content (AvgIpc) is 2.43. The molecule has 0 saturated heterocycles. The number of hydrogen-bond acceptors (Lipinski definition) is 3. The Balaban J connectivity index is 2.14. The van der Waals surface area contributed by atoms with E-state index in [0.717, 1.165) is 10.0 Å². The highest BCUT2D eigenvalue weighted by atomic mass is 79.9. The molecular weight excluding hydrogens is 398 g/mol. The number of halogens is 2. The second kappa shape index (κ2) is 7.22. The Kier molecular flexibility index (Phi) is 5.58. The molecule has 0 atom stereocenters. The van der Waals surface area contributed by atoms with Crippen LogP contribution in [0.15, 0.2) is 44.2 Å². The molecule has 0 fully saturated rings. The zero-order chi connectivity index (χ0) is 15.4. The molecule has 1 N–H and O–H groups in total. The third-order valence-corrected chi connectivity index (χ3v) is 4.15. The lowest BCUT2D eigenvalue weighted by Gasteiger charge is -2.12. The van der Waals surface area contributed by atoms with E-state index in [9.17, 15) is 4.79 Å². The maximum atomic E-state index is 12.2. The quantitative estimate of drug-likeness (QED) is 0.803. The monoisotopic (exact) mass is 413 g/mol. The maximum absolute atomic E-state index is 12.2. The molecule has 0 radical (unpaired) electrons. The normalized spacial score (nSPS) is 10.9. The fourth-order valence-electron chi connectivity index (χ4n) is 1.91. The molecule has 0 saturated carbocycles. The summed E-state index contributed by atoms with van der Waals surface area (Å²) in [6, 6.07) is 8.02. The lowest BCUT2D eigenvalue weighted by atomic mass is 10.2. The van der Waals surface area contributed by atoms with Crippen LogP contribution in [0.3, 0.4) is 0 Å². The van der Waals surface area contributed by atoms with Gasteiger partial charge in [-0.2, -0.15) is 5.10 Å². The van der Waals surface area contributed by atoms with Gasteiger partial charge in [0.25, 0.3) is 5.56 Å². The maximum Gasteiger partial charge on any atom is 0.283 e.